The first-order valence-electron chi connectivity index (χ1n) is 7.75. The molecule has 1 aromatic rings. The SMILES string of the molecule is CCCOc1ccccc1C(=O)C1CCCCCC1N. The van der Waals surface area contributed by atoms with Crippen molar-refractivity contribution in [2.45, 2.75) is 51.5 Å². The molecule has 1 fully saturated rings. The molecule has 20 heavy (non-hydrogen) atoms. The van der Waals surface area contributed by atoms with Crippen molar-refractivity contribution in [1.29, 1.82) is 0 Å². The van der Waals surface area contributed by atoms with Crippen LogP contribution < -0.4 is 10.5 Å². The Balaban J connectivity index is 2.18. The number of para-hydroxylation sites is 1. The first-order valence-corrected chi connectivity index (χ1v) is 7.75. The maximum Gasteiger partial charge on any atom is 0.171 e. The monoisotopic (exact) mass is 275 g/mol. The van der Waals surface area contributed by atoms with Gasteiger partial charge >= 0.3 is 0 Å². The molecule has 2 N–H and O–H groups in total. The Bertz CT molecular complexity index is 444. The van der Waals surface area contributed by atoms with Crippen molar-refractivity contribution in [3.8, 4) is 5.75 Å². The number of hydrogen-bond acceptors (Lipinski definition) is 3. The molecular weight excluding hydrogens is 250 g/mol. The third-order valence-electron chi connectivity index (χ3n) is 4.02. The van der Waals surface area contributed by atoms with Crippen molar-refractivity contribution < 1.29 is 9.53 Å². The second-order valence-electron chi connectivity index (χ2n) is 5.62. The zero-order valence-corrected chi connectivity index (χ0v) is 12.3. The average Bonchev–Trinajstić information content (AvgIpc) is 2.69. The number of hydrogen-bond donors (Lipinski definition) is 1. The van der Waals surface area contributed by atoms with Crippen LogP contribution in [0.5, 0.6) is 5.75 Å². The van der Waals surface area contributed by atoms with Gasteiger partial charge in [0.1, 0.15) is 5.75 Å². The molecule has 0 amide bonds. The van der Waals surface area contributed by atoms with Gasteiger partial charge in [-0.3, -0.25) is 4.79 Å². The molecule has 0 spiro atoms. The summed E-state index contributed by atoms with van der Waals surface area (Å²) in [5.41, 5.74) is 6.90. The maximum absolute atomic E-state index is 12.8. The Morgan fingerprint density at radius 1 is 1.25 bits per heavy atom. The van der Waals surface area contributed by atoms with Gasteiger partial charge in [0.15, 0.2) is 5.78 Å². The third-order valence-corrected chi connectivity index (χ3v) is 4.02. The Morgan fingerprint density at radius 2 is 2.00 bits per heavy atom. The highest BCUT2D eigenvalue weighted by atomic mass is 16.5. The van der Waals surface area contributed by atoms with Gasteiger partial charge in [0.25, 0.3) is 0 Å². The van der Waals surface area contributed by atoms with Crippen LogP contribution in [0.4, 0.5) is 0 Å². The molecule has 1 aromatic carbocycles. The largest absolute Gasteiger partial charge is 0.493 e. The van der Waals surface area contributed by atoms with Gasteiger partial charge in [0.05, 0.1) is 12.2 Å². The van der Waals surface area contributed by atoms with Crippen LogP contribution >= 0.6 is 0 Å². The fourth-order valence-corrected chi connectivity index (χ4v) is 2.87. The lowest BCUT2D eigenvalue weighted by molar-refractivity contribution is 0.0890. The van der Waals surface area contributed by atoms with E-state index in [2.05, 4.69) is 6.92 Å². The molecule has 2 atom stereocenters. The maximum atomic E-state index is 12.8. The Morgan fingerprint density at radius 3 is 2.80 bits per heavy atom. The van der Waals surface area contributed by atoms with Gasteiger partial charge in [0.2, 0.25) is 0 Å². The first-order chi connectivity index (χ1) is 9.74. The van der Waals surface area contributed by atoms with Gasteiger partial charge in [-0.05, 0) is 31.4 Å². The van der Waals surface area contributed by atoms with E-state index < -0.39 is 0 Å². The first kappa shape index (κ1) is 15.0. The average molecular weight is 275 g/mol. The fourth-order valence-electron chi connectivity index (χ4n) is 2.87. The van der Waals surface area contributed by atoms with Gasteiger partial charge in [-0.15, -0.1) is 0 Å². The minimum atomic E-state index is -0.0520. The van der Waals surface area contributed by atoms with Crippen molar-refractivity contribution in [3.05, 3.63) is 29.8 Å². The highest BCUT2D eigenvalue weighted by Crippen LogP contribution is 2.29. The second kappa shape index (κ2) is 7.44. The van der Waals surface area contributed by atoms with Crippen molar-refractivity contribution in [1.82, 2.24) is 0 Å². The Kier molecular flexibility index (Phi) is 5.60. The van der Waals surface area contributed by atoms with Crippen LogP contribution in [0.25, 0.3) is 0 Å². The van der Waals surface area contributed by atoms with Gasteiger partial charge in [-0.25, -0.2) is 0 Å². The third kappa shape index (κ3) is 3.60. The molecule has 0 bridgehead atoms. The molecule has 110 valence electrons. The van der Waals surface area contributed by atoms with Gasteiger partial charge < -0.3 is 10.5 Å². The normalized spacial score (nSPS) is 23.1. The number of Topliss-reactive ketones (excluding diaryl/α,β-unsaturated/α-hetero) is 1. The highest BCUT2D eigenvalue weighted by molar-refractivity contribution is 6.00. The van der Waals surface area contributed by atoms with E-state index in [0.29, 0.717) is 17.9 Å². The summed E-state index contributed by atoms with van der Waals surface area (Å²) in [7, 11) is 0. The number of rotatable bonds is 5. The Labute approximate surface area is 121 Å². The molecule has 1 saturated carbocycles. The number of carbonyl (C=O) groups excluding carboxylic acids is 1. The molecule has 0 aliphatic heterocycles. The number of carbonyl (C=O) groups is 1. The minimum absolute atomic E-state index is 0.00997. The zero-order valence-electron chi connectivity index (χ0n) is 12.3. The zero-order chi connectivity index (χ0) is 14.4. The van der Waals surface area contributed by atoms with Gasteiger partial charge in [0, 0.05) is 12.0 Å². The summed E-state index contributed by atoms with van der Waals surface area (Å²) in [5, 5.41) is 0. The number of benzene rings is 1. The molecule has 0 aromatic heterocycles. The van der Waals surface area contributed by atoms with E-state index in [-0.39, 0.29) is 17.7 Å². The topological polar surface area (TPSA) is 52.3 Å². The van der Waals surface area contributed by atoms with E-state index in [1.54, 1.807) is 0 Å². The Hall–Kier alpha value is -1.35. The van der Waals surface area contributed by atoms with E-state index in [0.717, 1.165) is 32.1 Å². The molecule has 2 rings (SSSR count). The summed E-state index contributed by atoms with van der Waals surface area (Å²) in [6.07, 6.45) is 6.22. The molecule has 0 radical (unpaired) electrons. The van der Waals surface area contributed by atoms with Crippen LogP contribution in [0, 0.1) is 5.92 Å². The second-order valence-corrected chi connectivity index (χ2v) is 5.62. The van der Waals surface area contributed by atoms with Crippen molar-refractivity contribution in [2.75, 3.05) is 6.61 Å². The summed E-state index contributed by atoms with van der Waals surface area (Å²) >= 11 is 0. The van der Waals surface area contributed by atoms with E-state index in [9.17, 15) is 4.79 Å². The van der Waals surface area contributed by atoms with E-state index in [4.69, 9.17) is 10.5 Å². The molecule has 0 saturated heterocycles. The van der Waals surface area contributed by atoms with E-state index >= 15 is 0 Å². The lowest BCUT2D eigenvalue weighted by Gasteiger charge is -2.21. The van der Waals surface area contributed by atoms with Crippen molar-refractivity contribution >= 4 is 5.78 Å². The molecule has 2 unspecified atom stereocenters. The predicted octanol–water partition coefficient (Wildman–Crippen LogP) is 3.57. The smallest absolute Gasteiger partial charge is 0.171 e. The van der Waals surface area contributed by atoms with Gasteiger partial charge in [-0.1, -0.05) is 38.3 Å². The summed E-state index contributed by atoms with van der Waals surface area (Å²) in [5.74, 6) is 0.811. The standard InChI is InChI=1S/C17H25NO2/c1-2-12-20-16-11-7-6-9-14(16)17(19)13-8-4-3-5-10-15(13)18/h6-7,9,11,13,15H,2-5,8,10,12,18H2,1H3. The number of nitrogens with two attached hydrogens (primary N) is 1. The summed E-state index contributed by atoms with van der Waals surface area (Å²) in [6.45, 7) is 2.70. The molecule has 3 nitrogen and oxygen atoms in total. The van der Waals surface area contributed by atoms with Crippen LogP contribution in [0.15, 0.2) is 24.3 Å². The van der Waals surface area contributed by atoms with Crippen LogP contribution in [0.1, 0.15) is 55.8 Å². The summed E-state index contributed by atoms with van der Waals surface area (Å²) in [6, 6.07) is 7.54. The fraction of sp³-hybridized carbons (Fsp3) is 0.588. The quantitative estimate of drug-likeness (QED) is 0.660. The van der Waals surface area contributed by atoms with Crippen molar-refractivity contribution in [3.63, 3.8) is 0 Å². The van der Waals surface area contributed by atoms with Crippen LogP contribution in [-0.4, -0.2) is 18.4 Å². The molecule has 1 aliphatic rings. The van der Waals surface area contributed by atoms with Crippen LogP contribution in [0.3, 0.4) is 0 Å². The molecule has 1 aliphatic carbocycles. The molecular formula is C17H25NO2. The van der Waals surface area contributed by atoms with E-state index in [1.807, 2.05) is 24.3 Å². The number of ketones is 1. The highest BCUT2D eigenvalue weighted by Gasteiger charge is 2.29. The minimum Gasteiger partial charge on any atom is -0.493 e. The lowest BCUT2D eigenvalue weighted by Crippen LogP contribution is -2.34. The molecule has 0 heterocycles. The number of ether oxygens (including phenoxy) is 1. The lowest BCUT2D eigenvalue weighted by atomic mass is 9.87. The summed E-state index contributed by atoms with van der Waals surface area (Å²) in [4.78, 5) is 12.8. The van der Waals surface area contributed by atoms with Crippen LogP contribution in [-0.2, 0) is 0 Å². The predicted molar refractivity (Wildman–Crippen MR) is 81.1 cm³/mol. The molecule has 3 heteroatoms. The summed E-state index contributed by atoms with van der Waals surface area (Å²) < 4.78 is 5.70. The van der Waals surface area contributed by atoms with E-state index in [1.165, 1.54) is 6.42 Å². The van der Waals surface area contributed by atoms with Gasteiger partial charge in [-0.2, -0.15) is 0 Å². The van der Waals surface area contributed by atoms with Crippen LogP contribution in [0.2, 0.25) is 0 Å². The van der Waals surface area contributed by atoms with Crippen molar-refractivity contribution in [2.24, 2.45) is 11.7 Å².